The molecule has 0 aliphatic heterocycles. The number of pyridine rings is 1. The lowest BCUT2D eigenvalue weighted by atomic mass is 10.1. The maximum absolute atomic E-state index is 12.3. The molecule has 132 valence electrons. The fourth-order valence-corrected chi connectivity index (χ4v) is 2.37. The summed E-state index contributed by atoms with van der Waals surface area (Å²) < 4.78 is 0. The molecule has 2 amide bonds. The zero-order valence-corrected chi connectivity index (χ0v) is 14.2. The van der Waals surface area contributed by atoms with Crippen molar-refractivity contribution in [3.05, 3.63) is 54.2 Å². The minimum atomic E-state index is -0.267. The third kappa shape index (κ3) is 6.73. The minimum absolute atomic E-state index is 0.0463. The highest BCUT2D eigenvalue weighted by molar-refractivity contribution is 6.04. The number of carbonyl (C=O) groups excluding carboxylic acids is 2. The van der Waals surface area contributed by atoms with E-state index in [-0.39, 0.29) is 11.8 Å². The average Bonchev–Trinajstić information content (AvgIpc) is 2.62. The summed E-state index contributed by atoms with van der Waals surface area (Å²) in [6.07, 6.45) is 5.96. The lowest BCUT2D eigenvalue weighted by molar-refractivity contribution is -0.116. The third-order valence-electron chi connectivity index (χ3n) is 3.67. The Morgan fingerprint density at radius 3 is 2.56 bits per heavy atom. The van der Waals surface area contributed by atoms with Gasteiger partial charge in [0.25, 0.3) is 5.91 Å². The standard InChI is InChI=1S/C19H24N4O2/c20-12-5-2-1-3-11-18(24)22-16-9-7-8-15(14-16)19(25)23-17-10-4-6-13-21-17/h4,6-10,13-14H,1-3,5,11-12,20H2,(H,22,24)(H,21,23,25). The molecule has 2 rings (SSSR count). The van der Waals surface area contributed by atoms with Crippen molar-refractivity contribution >= 4 is 23.3 Å². The van der Waals surface area contributed by atoms with Gasteiger partial charge in [-0.1, -0.05) is 25.0 Å². The number of amides is 2. The number of anilines is 2. The van der Waals surface area contributed by atoms with Gasteiger partial charge < -0.3 is 16.4 Å². The van der Waals surface area contributed by atoms with Gasteiger partial charge >= 0.3 is 0 Å². The first-order valence-corrected chi connectivity index (χ1v) is 8.51. The number of benzene rings is 1. The number of nitrogens with zero attached hydrogens (tertiary/aromatic N) is 1. The average molecular weight is 340 g/mol. The fraction of sp³-hybridized carbons (Fsp3) is 0.316. The summed E-state index contributed by atoms with van der Waals surface area (Å²) in [6.45, 7) is 0.694. The van der Waals surface area contributed by atoms with E-state index in [1.165, 1.54) is 0 Å². The number of aromatic nitrogens is 1. The van der Waals surface area contributed by atoms with Crippen LogP contribution in [0.25, 0.3) is 0 Å². The van der Waals surface area contributed by atoms with Crippen LogP contribution in [0.5, 0.6) is 0 Å². The molecule has 0 spiro atoms. The highest BCUT2D eigenvalue weighted by atomic mass is 16.2. The number of unbranched alkanes of at least 4 members (excludes halogenated alkanes) is 3. The molecule has 0 fully saturated rings. The summed E-state index contributed by atoms with van der Waals surface area (Å²) in [5.41, 5.74) is 6.52. The SMILES string of the molecule is NCCCCCCC(=O)Nc1cccc(C(=O)Nc2ccccn2)c1. The third-order valence-corrected chi connectivity index (χ3v) is 3.67. The van der Waals surface area contributed by atoms with Gasteiger partial charge in [-0.2, -0.15) is 0 Å². The highest BCUT2D eigenvalue weighted by Crippen LogP contribution is 2.13. The molecule has 1 heterocycles. The molecule has 0 aliphatic carbocycles. The lowest BCUT2D eigenvalue weighted by Crippen LogP contribution is -2.15. The Bertz CT molecular complexity index is 689. The maximum Gasteiger partial charge on any atom is 0.256 e. The van der Waals surface area contributed by atoms with Crippen molar-refractivity contribution in [2.75, 3.05) is 17.2 Å². The van der Waals surface area contributed by atoms with E-state index in [0.29, 0.717) is 30.0 Å². The molecule has 4 N–H and O–H groups in total. The molecule has 0 unspecified atom stereocenters. The zero-order chi connectivity index (χ0) is 17.9. The van der Waals surface area contributed by atoms with E-state index in [0.717, 1.165) is 25.7 Å². The summed E-state index contributed by atoms with van der Waals surface area (Å²) >= 11 is 0. The maximum atomic E-state index is 12.3. The monoisotopic (exact) mass is 340 g/mol. The van der Waals surface area contributed by atoms with Crippen LogP contribution in [0.15, 0.2) is 48.7 Å². The van der Waals surface area contributed by atoms with Crippen molar-refractivity contribution in [3.8, 4) is 0 Å². The van der Waals surface area contributed by atoms with Crippen LogP contribution in [-0.4, -0.2) is 23.3 Å². The fourth-order valence-electron chi connectivity index (χ4n) is 2.37. The molecule has 0 aliphatic rings. The van der Waals surface area contributed by atoms with Gasteiger partial charge in [0.05, 0.1) is 0 Å². The summed E-state index contributed by atoms with van der Waals surface area (Å²) in [5.74, 6) is 0.172. The molecule has 0 saturated carbocycles. The van der Waals surface area contributed by atoms with Crippen LogP contribution in [0.3, 0.4) is 0 Å². The second-order valence-corrected chi connectivity index (χ2v) is 5.75. The molecular weight excluding hydrogens is 316 g/mol. The molecule has 0 radical (unpaired) electrons. The van der Waals surface area contributed by atoms with Gasteiger partial charge in [-0.25, -0.2) is 4.98 Å². The van der Waals surface area contributed by atoms with Crippen molar-refractivity contribution in [2.24, 2.45) is 5.73 Å². The van der Waals surface area contributed by atoms with E-state index in [2.05, 4.69) is 15.6 Å². The predicted molar refractivity (Wildman–Crippen MR) is 99.4 cm³/mol. The predicted octanol–water partition coefficient (Wildman–Crippen LogP) is 3.18. The topological polar surface area (TPSA) is 97.1 Å². The minimum Gasteiger partial charge on any atom is -0.330 e. The molecule has 2 aromatic rings. The highest BCUT2D eigenvalue weighted by Gasteiger charge is 2.09. The van der Waals surface area contributed by atoms with Crippen LogP contribution in [0, 0.1) is 0 Å². The first-order chi connectivity index (χ1) is 12.2. The Balaban J connectivity index is 1.85. The van der Waals surface area contributed by atoms with Crippen LogP contribution in [0.1, 0.15) is 42.5 Å². The Hall–Kier alpha value is -2.73. The van der Waals surface area contributed by atoms with Gasteiger partial charge in [0.1, 0.15) is 5.82 Å². The van der Waals surface area contributed by atoms with E-state index < -0.39 is 0 Å². The van der Waals surface area contributed by atoms with Crippen molar-refractivity contribution < 1.29 is 9.59 Å². The molecule has 1 aromatic carbocycles. The van der Waals surface area contributed by atoms with Gasteiger partial charge in [0, 0.05) is 23.9 Å². The number of hydrogen-bond acceptors (Lipinski definition) is 4. The van der Waals surface area contributed by atoms with Crippen LogP contribution < -0.4 is 16.4 Å². The van der Waals surface area contributed by atoms with E-state index >= 15 is 0 Å². The first kappa shape index (κ1) is 18.6. The van der Waals surface area contributed by atoms with E-state index in [9.17, 15) is 9.59 Å². The Labute approximate surface area is 147 Å². The lowest BCUT2D eigenvalue weighted by Gasteiger charge is -2.08. The summed E-state index contributed by atoms with van der Waals surface area (Å²) in [6, 6.07) is 12.2. The molecule has 25 heavy (non-hydrogen) atoms. The van der Waals surface area contributed by atoms with Crippen LogP contribution in [0.4, 0.5) is 11.5 Å². The number of nitrogens with two attached hydrogens (primary N) is 1. The quantitative estimate of drug-likeness (QED) is 0.611. The van der Waals surface area contributed by atoms with Crippen molar-refractivity contribution in [3.63, 3.8) is 0 Å². The summed E-state index contributed by atoms with van der Waals surface area (Å²) in [4.78, 5) is 28.3. The van der Waals surface area contributed by atoms with Gasteiger partial charge in [-0.3, -0.25) is 9.59 Å². The molecule has 0 bridgehead atoms. The Morgan fingerprint density at radius 1 is 0.960 bits per heavy atom. The van der Waals surface area contributed by atoms with E-state index in [4.69, 9.17) is 5.73 Å². The zero-order valence-electron chi connectivity index (χ0n) is 14.2. The van der Waals surface area contributed by atoms with Gasteiger partial charge in [-0.05, 0) is 49.7 Å². The van der Waals surface area contributed by atoms with Crippen LogP contribution >= 0.6 is 0 Å². The molecule has 6 nitrogen and oxygen atoms in total. The van der Waals surface area contributed by atoms with Crippen molar-refractivity contribution in [1.29, 1.82) is 0 Å². The normalized spacial score (nSPS) is 10.3. The number of rotatable bonds is 9. The van der Waals surface area contributed by atoms with E-state index in [1.807, 2.05) is 0 Å². The Kier molecular flexibility index (Phi) is 7.59. The molecule has 1 aromatic heterocycles. The number of carbonyl (C=O) groups is 2. The second-order valence-electron chi connectivity index (χ2n) is 5.75. The summed E-state index contributed by atoms with van der Waals surface area (Å²) in [7, 11) is 0. The summed E-state index contributed by atoms with van der Waals surface area (Å²) in [5, 5.41) is 5.55. The smallest absolute Gasteiger partial charge is 0.256 e. The van der Waals surface area contributed by atoms with Gasteiger partial charge in [0.2, 0.25) is 5.91 Å². The molecule has 6 heteroatoms. The van der Waals surface area contributed by atoms with E-state index in [1.54, 1.807) is 48.7 Å². The number of hydrogen-bond donors (Lipinski definition) is 3. The molecular formula is C19H24N4O2. The first-order valence-electron chi connectivity index (χ1n) is 8.51. The number of nitrogens with one attached hydrogen (secondary N) is 2. The van der Waals surface area contributed by atoms with Crippen molar-refractivity contribution in [1.82, 2.24) is 4.98 Å². The second kappa shape index (κ2) is 10.2. The largest absolute Gasteiger partial charge is 0.330 e. The molecule has 0 atom stereocenters. The van der Waals surface area contributed by atoms with Crippen molar-refractivity contribution in [2.45, 2.75) is 32.1 Å². The van der Waals surface area contributed by atoms with Crippen LogP contribution in [-0.2, 0) is 4.79 Å². The van der Waals surface area contributed by atoms with Gasteiger partial charge in [0.15, 0.2) is 0 Å². The van der Waals surface area contributed by atoms with Crippen LogP contribution in [0.2, 0.25) is 0 Å². The molecule has 0 saturated heterocycles. The Morgan fingerprint density at radius 2 is 1.80 bits per heavy atom. The van der Waals surface area contributed by atoms with Gasteiger partial charge in [-0.15, -0.1) is 0 Å².